The topological polar surface area (TPSA) is 114 Å². The minimum absolute atomic E-state index is 0.252. The molecule has 3 heterocycles. The lowest BCUT2D eigenvalue weighted by molar-refractivity contribution is -0.137. The van der Waals surface area contributed by atoms with Crippen LogP contribution in [-0.4, -0.2) is 41.4 Å². The number of nitrogens with zero attached hydrogens (tertiary/aromatic N) is 5. The van der Waals surface area contributed by atoms with Crippen molar-refractivity contribution in [1.29, 1.82) is 0 Å². The van der Waals surface area contributed by atoms with Gasteiger partial charge in [0.1, 0.15) is 18.1 Å². The van der Waals surface area contributed by atoms with Crippen LogP contribution in [0.3, 0.4) is 0 Å². The van der Waals surface area contributed by atoms with Gasteiger partial charge in [0.05, 0.1) is 11.7 Å². The van der Waals surface area contributed by atoms with Crippen molar-refractivity contribution in [2.24, 2.45) is 0 Å². The zero-order valence-corrected chi connectivity index (χ0v) is 13.7. The Balaban J connectivity index is 1.67. The molecule has 4 rings (SSSR count). The highest BCUT2D eigenvalue weighted by Gasteiger charge is 2.14. The van der Waals surface area contributed by atoms with Crippen LogP contribution in [0.4, 0.5) is 5.69 Å². The number of aromatic nitrogens is 5. The molecule has 2 N–H and O–H groups in total. The smallest absolute Gasteiger partial charge is 0.325 e. The molecule has 1 aromatic carbocycles. The zero-order chi connectivity index (χ0) is 18.3. The van der Waals surface area contributed by atoms with Gasteiger partial charge in [0.15, 0.2) is 5.65 Å². The van der Waals surface area contributed by atoms with E-state index in [9.17, 15) is 9.59 Å². The first kappa shape index (κ1) is 15.8. The number of hydrogen-bond acceptors (Lipinski definition) is 5. The largest absolute Gasteiger partial charge is 0.480 e. The van der Waals surface area contributed by atoms with Crippen LogP contribution in [0.15, 0.2) is 42.6 Å². The van der Waals surface area contributed by atoms with E-state index in [-0.39, 0.29) is 12.5 Å². The van der Waals surface area contributed by atoms with Crippen LogP contribution in [0.5, 0.6) is 0 Å². The number of pyridine rings is 1. The second-order valence-electron chi connectivity index (χ2n) is 5.76. The number of anilines is 1. The standard InChI is InChI=1S/C17H14N6O3/c1-10-19-15-4-2-3-13(23(15)21-10)17(26)20-12-6-5-11-8-18-22(9-16(24)25)14(11)7-12/h2-8H,9H2,1H3,(H,20,26)(H,24,25). The Hall–Kier alpha value is -3.75. The average molecular weight is 350 g/mol. The van der Waals surface area contributed by atoms with Crippen molar-refractivity contribution in [3.8, 4) is 0 Å². The molecule has 3 aromatic heterocycles. The van der Waals surface area contributed by atoms with Crippen LogP contribution in [0.1, 0.15) is 16.3 Å². The van der Waals surface area contributed by atoms with Gasteiger partial charge in [-0.05, 0) is 37.3 Å². The molecule has 0 spiro atoms. The molecular weight excluding hydrogens is 336 g/mol. The van der Waals surface area contributed by atoms with E-state index in [0.717, 1.165) is 5.39 Å². The first-order valence-electron chi connectivity index (χ1n) is 7.82. The third kappa shape index (κ3) is 2.75. The second kappa shape index (κ2) is 5.96. The summed E-state index contributed by atoms with van der Waals surface area (Å²) < 4.78 is 2.85. The summed E-state index contributed by atoms with van der Waals surface area (Å²) in [5.74, 6) is -0.758. The first-order chi connectivity index (χ1) is 12.5. The van der Waals surface area contributed by atoms with E-state index < -0.39 is 5.97 Å². The van der Waals surface area contributed by atoms with Crippen molar-refractivity contribution in [2.75, 3.05) is 5.32 Å². The minimum Gasteiger partial charge on any atom is -0.480 e. The number of benzene rings is 1. The maximum atomic E-state index is 12.7. The van der Waals surface area contributed by atoms with E-state index in [1.165, 1.54) is 9.20 Å². The summed E-state index contributed by atoms with van der Waals surface area (Å²) >= 11 is 0. The molecule has 0 aliphatic carbocycles. The lowest BCUT2D eigenvalue weighted by Gasteiger charge is -2.07. The first-order valence-corrected chi connectivity index (χ1v) is 7.82. The predicted molar refractivity (Wildman–Crippen MR) is 93.0 cm³/mol. The lowest BCUT2D eigenvalue weighted by atomic mass is 10.2. The third-order valence-electron chi connectivity index (χ3n) is 3.89. The van der Waals surface area contributed by atoms with Gasteiger partial charge in [0.25, 0.3) is 5.91 Å². The molecular formula is C17H14N6O3. The zero-order valence-electron chi connectivity index (χ0n) is 13.7. The number of rotatable bonds is 4. The number of carbonyl (C=O) groups is 2. The molecule has 4 aromatic rings. The van der Waals surface area contributed by atoms with Crippen molar-refractivity contribution in [1.82, 2.24) is 24.4 Å². The maximum absolute atomic E-state index is 12.7. The molecule has 0 fully saturated rings. The summed E-state index contributed by atoms with van der Waals surface area (Å²) in [6, 6.07) is 10.4. The monoisotopic (exact) mass is 350 g/mol. The SMILES string of the molecule is Cc1nc2cccc(C(=O)Nc3ccc4cnn(CC(=O)O)c4c3)n2n1. The second-order valence-corrected chi connectivity index (χ2v) is 5.76. The van der Waals surface area contributed by atoms with Crippen LogP contribution in [-0.2, 0) is 11.3 Å². The number of hydrogen-bond donors (Lipinski definition) is 2. The van der Waals surface area contributed by atoms with Crippen LogP contribution < -0.4 is 5.32 Å². The molecule has 0 bridgehead atoms. The van der Waals surface area contributed by atoms with Gasteiger partial charge in [-0.1, -0.05) is 6.07 Å². The van der Waals surface area contributed by atoms with Crippen molar-refractivity contribution < 1.29 is 14.7 Å². The lowest BCUT2D eigenvalue weighted by Crippen LogP contribution is -2.16. The highest BCUT2D eigenvalue weighted by Crippen LogP contribution is 2.20. The molecule has 0 saturated heterocycles. The van der Waals surface area contributed by atoms with Gasteiger partial charge in [0.2, 0.25) is 0 Å². The third-order valence-corrected chi connectivity index (χ3v) is 3.89. The molecule has 9 heteroatoms. The Kier molecular flexibility index (Phi) is 3.61. The van der Waals surface area contributed by atoms with E-state index in [0.29, 0.717) is 28.4 Å². The van der Waals surface area contributed by atoms with Gasteiger partial charge in [-0.25, -0.2) is 9.50 Å². The number of nitrogens with one attached hydrogen (secondary N) is 1. The Bertz CT molecular complexity index is 1160. The average Bonchev–Trinajstić information content (AvgIpc) is 3.16. The van der Waals surface area contributed by atoms with Crippen LogP contribution in [0, 0.1) is 6.92 Å². The number of carboxylic acid groups (broad SMARTS) is 1. The molecule has 130 valence electrons. The number of carboxylic acids is 1. The summed E-state index contributed by atoms with van der Waals surface area (Å²) in [7, 11) is 0. The van der Waals surface area contributed by atoms with Gasteiger partial charge in [-0.3, -0.25) is 14.3 Å². The van der Waals surface area contributed by atoms with Gasteiger partial charge in [-0.2, -0.15) is 10.2 Å². The Morgan fingerprint density at radius 2 is 2.08 bits per heavy atom. The minimum atomic E-state index is -0.988. The molecule has 9 nitrogen and oxygen atoms in total. The summed E-state index contributed by atoms with van der Waals surface area (Å²) in [6.07, 6.45) is 1.59. The summed E-state index contributed by atoms with van der Waals surface area (Å²) in [6.45, 7) is 1.50. The van der Waals surface area contributed by atoms with Crippen molar-refractivity contribution >= 4 is 34.1 Å². The quantitative estimate of drug-likeness (QED) is 0.579. The highest BCUT2D eigenvalue weighted by atomic mass is 16.4. The summed E-state index contributed by atoms with van der Waals surface area (Å²) in [5.41, 5.74) is 2.09. The number of aryl methyl sites for hydroxylation is 1. The van der Waals surface area contributed by atoms with E-state index >= 15 is 0 Å². The molecule has 26 heavy (non-hydrogen) atoms. The number of amides is 1. The summed E-state index contributed by atoms with van der Waals surface area (Å²) in [4.78, 5) is 27.8. The van der Waals surface area contributed by atoms with Crippen LogP contribution in [0.2, 0.25) is 0 Å². The van der Waals surface area contributed by atoms with Crippen molar-refractivity contribution in [3.63, 3.8) is 0 Å². The molecule has 1 amide bonds. The fourth-order valence-corrected chi connectivity index (χ4v) is 2.78. The molecule has 0 aliphatic rings. The van der Waals surface area contributed by atoms with Crippen LogP contribution in [0.25, 0.3) is 16.6 Å². The van der Waals surface area contributed by atoms with E-state index in [1.54, 1.807) is 49.5 Å². The Labute approximate surface area is 146 Å². The Morgan fingerprint density at radius 1 is 1.23 bits per heavy atom. The van der Waals surface area contributed by atoms with Gasteiger partial charge >= 0.3 is 5.97 Å². The van der Waals surface area contributed by atoms with Gasteiger partial charge in [0, 0.05) is 11.1 Å². The van der Waals surface area contributed by atoms with E-state index in [2.05, 4.69) is 20.5 Å². The fourth-order valence-electron chi connectivity index (χ4n) is 2.78. The highest BCUT2D eigenvalue weighted by molar-refractivity contribution is 6.04. The molecule has 0 aliphatic heterocycles. The van der Waals surface area contributed by atoms with Crippen LogP contribution >= 0.6 is 0 Å². The predicted octanol–water partition coefficient (Wildman–Crippen LogP) is 1.72. The van der Waals surface area contributed by atoms with Gasteiger partial charge in [-0.15, -0.1) is 0 Å². The molecule has 0 radical (unpaired) electrons. The van der Waals surface area contributed by atoms with E-state index in [1.807, 2.05) is 0 Å². The number of aliphatic carboxylic acids is 1. The fraction of sp³-hybridized carbons (Fsp3) is 0.118. The molecule has 0 saturated carbocycles. The molecule has 0 atom stereocenters. The number of fused-ring (bicyclic) bond motifs is 2. The normalized spacial score (nSPS) is 11.1. The van der Waals surface area contributed by atoms with Crippen molar-refractivity contribution in [2.45, 2.75) is 13.5 Å². The number of carbonyl (C=O) groups excluding carboxylic acids is 1. The maximum Gasteiger partial charge on any atom is 0.325 e. The van der Waals surface area contributed by atoms with Gasteiger partial charge < -0.3 is 10.4 Å². The molecule has 0 unspecified atom stereocenters. The Morgan fingerprint density at radius 3 is 2.88 bits per heavy atom. The summed E-state index contributed by atoms with van der Waals surface area (Å²) in [5, 5.41) is 20.8. The van der Waals surface area contributed by atoms with Crippen molar-refractivity contribution in [3.05, 3.63) is 54.1 Å². The van der Waals surface area contributed by atoms with E-state index in [4.69, 9.17) is 5.11 Å².